The van der Waals surface area contributed by atoms with Gasteiger partial charge in [-0.15, -0.1) is 17.9 Å². The molecule has 0 aliphatic carbocycles. The number of hydrogen-bond acceptors (Lipinski definition) is 3. The van der Waals surface area contributed by atoms with Crippen molar-refractivity contribution in [2.45, 2.75) is 18.9 Å². The van der Waals surface area contributed by atoms with Crippen molar-refractivity contribution < 1.29 is 0 Å². The van der Waals surface area contributed by atoms with Crippen LogP contribution in [0.5, 0.6) is 0 Å². The smallest absolute Gasteiger partial charge is 0.0445 e. The van der Waals surface area contributed by atoms with Crippen LogP contribution in [0, 0.1) is 0 Å². The van der Waals surface area contributed by atoms with Gasteiger partial charge < -0.3 is 5.32 Å². The third-order valence-corrected chi connectivity index (χ3v) is 4.95. The molecule has 2 nitrogen and oxygen atoms in total. The number of piperazine rings is 1. The predicted octanol–water partition coefficient (Wildman–Crippen LogP) is 3.42. The summed E-state index contributed by atoms with van der Waals surface area (Å²) in [4.78, 5) is 4.07. The molecule has 0 radical (unpaired) electrons. The van der Waals surface area contributed by atoms with E-state index in [1.54, 1.807) is 0 Å². The Labute approximate surface area is 116 Å². The summed E-state index contributed by atoms with van der Waals surface area (Å²) in [5.41, 5.74) is 0. The molecule has 0 amide bonds. The van der Waals surface area contributed by atoms with E-state index in [0.717, 1.165) is 32.6 Å². The highest BCUT2D eigenvalue weighted by molar-refractivity contribution is 9.10. The van der Waals surface area contributed by atoms with Crippen molar-refractivity contribution >= 4 is 27.3 Å². The molecule has 0 bridgehead atoms. The first-order chi connectivity index (χ1) is 8.31. The summed E-state index contributed by atoms with van der Waals surface area (Å²) < 4.78 is 1.20. The third-order valence-electron chi connectivity index (χ3n) is 3.15. The molecule has 0 spiro atoms. The van der Waals surface area contributed by atoms with Gasteiger partial charge in [0.05, 0.1) is 0 Å². The molecule has 4 heteroatoms. The highest BCUT2D eigenvalue weighted by Gasteiger charge is 2.22. The number of nitrogens with zero attached hydrogens (tertiary/aromatic N) is 1. The van der Waals surface area contributed by atoms with Crippen LogP contribution >= 0.6 is 27.3 Å². The molecule has 2 rings (SSSR count). The summed E-state index contributed by atoms with van der Waals surface area (Å²) >= 11 is 5.41. The van der Waals surface area contributed by atoms with Crippen molar-refractivity contribution in [2.75, 3.05) is 26.2 Å². The molecule has 0 aromatic carbocycles. The Hall–Kier alpha value is -0.160. The fraction of sp³-hybridized carbons (Fsp3) is 0.538. The van der Waals surface area contributed by atoms with Gasteiger partial charge in [0.1, 0.15) is 0 Å². The largest absolute Gasteiger partial charge is 0.314 e. The normalized spacial score (nSPS) is 19.1. The molecule has 1 aromatic rings. The van der Waals surface area contributed by atoms with E-state index in [2.05, 4.69) is 44.2 Å². The SMILES string of the molecule is C=CCC[C@@H](c1cc(Br)cs1)N1CCNCC1. The lowest BCUT2D eigenvalue weighted by molar-refractivity contribution is 0.168. The fourth-order valence-corrected chi connectivity index (χ4v) is 3.89. The van der Waals surface area contributed by atoms with Crippen molar-refractivity contribution in [3.05, 3.63) is 33.5 Å². The number of nitrogens with one attached hydrogen (secondary N) is 1. The molecule has 1 aromatic heterocycles. The number of rotatable bonds is 5. The summed E-state index contributed by atoms with van der Waals surface area (Å²) in [5.74, 6) is 0. The van der Waals surface area contributed by atoms with Crippen LogP contribution in [0.3, 0.4) is 0 Å². The lowest BCUT2D eigenvalue weighted by atomic mass is 10.1. The Morgan fingerprint density at radius 2 is 2.29 bits per heavy atom. The Morgan fingerprint density at radius 1 is 1.53 bits per heavy atom. The summed E-state index contributed by atoms with van der Waals surface area (Å²) in [6.45, 7) is 8.36. The Bertz CT molecular complexity index is 358. The lowest BCUT2D eigenvalue weighted by Gasteiger charge is -2.34. The third kappa shape index (κ3) is 3.65. The van der Waals surface area contributed by atoms with E-state index in [9.17, 15) is 0 Å². The molecule has 1 fully saturated rings. The maximum Gasteiger partial charge on any atom is 0.0445 e. The van der Waals surface area contributed by atoms with Gasteiger partial charge in [-0.3, -0.25) is 4.90 Å². The highest BCUT2D eigenvalue weighted by atomic mass is 79.9. The zero-order valence-corrected chi connectivity index (χ0v) is 12.4. The average molecular weight is 315 g/mol. The lowest BCUT2D eigenvalue weighted by Crippen LogP contribution is -2.45. The van der Waals surface area contributed by atoms with E-state index < -0.39 is 0 Å². The molecular formula is C13H19BrN2S. The summed E-state index contributed by atoms with van der Waals surface area (Å²) in [6, 6.07) is 2.83. The van der Waals surface area contributed by atoms with Gasteiger partial charge in [0.2, 0.25) is 0 Å². The number of allylic oxidation sites excluding steroid dienone is 1. The predicted molar refractivity (Wildman–Crippen MR) is 78.6 cm³/mol. The first-order valence-corrected chi connectivity index (χ1v) is 7.78. The van der Waals surface area contributed by atoms with Gasteiger partial charge in [-0.1, -0.05) is 6.08 Å². The zero-order valence-electron chi connectivity index (χ0n) is 9.99. The summed E-state index contributed by atoms with van der Waals surface area (Å²) in [5, 5.41) is 5.59. The molecule has 2 heterocycles. The van der Waals surface area contributed by atoms with Crippen molar-refractivity contribution in [3.8, 4) is 0 Å². The summed E-state index contributed by atoms with van der Waals surface area (Å²) in [7, 11) is 0. The van der Waals surface area contributed by atoms with Crippen LogP contribution in [0.4, 0.5) is 0 Å². The van der Waals surface area contributed by atoms with Crippen LogP contribution < -0.4 is 5.32 Å². The van der Waals surface area contributed by atoms with Crippen LogP contribution in [0.25, 0.3) is 0 Å². The Morgan fingerprint density at radius 3 is 2.88 bits per heavy atom. The molecule has 1 saturated heterocycles. The quantitative estimate of drug-likeness (QED) is 0.838. The highest BCUT2D eigenvalue weighted by Crippen LogP contribution is 2.32. The minimum Gasteiger partial charge on any atom is -0.314 e. The van der Waals surface area contributed by atoms with Crippen LogP contribution in [-0.4, -0.2) is 31.1 Å². The fourth-order valence-electron chi connectivity index (χ4n) is 2.28. The van der Waals surface area contributed by atoms with Gasteiger partial charge in [0.25, 0.3) is 0 Å². The Balaban J connectivity index is 2.08. The minimum atomic E-state index is 0.561. The maximum atomic E-state index is 3.84. The minimum absolute atomic E-state index is 0.561. The van der Waals surface area contributed by atoms with Gasteiger partial charge >= 0.3 is 0 Å². The molecule has 1 aliphatic rings. The van der Waals surface area contributed by atoms with Crippen LogP contribution in [0.15, 0.2) is 28.6 Å². The molecule has 1 aliphatic heterocycles. The van der Waals surface area contributed by atoms with Crippen molar-refractivity contribution in [3.63, 3.8) is 0 Å². The van der Waals surface area contributed by atoms with E-state index in [-0.39, 0.29) is 0 Å². The first-order valence-electron chi connectivity index (χ1n) is 6.11. The molecule has 0 saturated carbocycles. The molecule has 1 atom stereocenters. The van der Waals surface area contributed by atoms with E-state index in [4.69, 9.17) is 0 Å². The number of thiophene rings is 1. The van der Waals surface area contributed by atoms with Crippen LogP contribution in [0.1, 0.15) is 23.8 Å². The maximum absolute atomic E-state index is 3.84. The molecule has 1 N–H and O–H groups in total. The number of hydrogen-bond donors (Lipinski definition) is 1. The number of halogens is 1. The van der Waals surface area contributed by atoms with Gasteiger partial charge in [-0.25, -0.2) is 0 Å². The zero-order chi connectivity index (χ0) is 12.1. The topological polar surface area (TPSA) is 15.3 Å². The van der Waals surface area contributed by atoms with E-state index >= 15 is 0 Å². The van der Waals surface area contributed by atoms with Crippen molar-refractivity contribution in [1.82, 2.24) is 10.2 Å². The van der Waals surface area contributed by atoms with Crippen molar-refractivity contribution in [2.24, 2.45) is 0 Å². The van der Waals surface area contributed by atoms with Crippen LogP contribution in [-0.2, 0) is 0 Å². The van der Waals surface area contributed by atoms with Gasteiger partial charge in [0, 0.05) is 47.0 Å². The first kappa shape index (κ1) is 13.3. The summed E-state index contributed by atoms with van der Waals surface area (Å²) in [6.07, 6.45) is 4.29. The van der Waals surface area contributed by atoms with Gasteiger partial charge in [-0.2, -0.15) is 0 Å². The second-order valence-corrected chi connectivity index (χ2v) is 6.19. The second-order valence-electron chi connectivity index (χ2n) is 4.34. The molecule has 0 unspecified atom stereocenters. The van der Waals surface area contributed by atoms with Crippen LogP contribution in [0.2, 0.25) is 0 Å². The van der Waals surface area contributed by atoms with Gasteiger partial charge in [0.15, 0.2) is 0 Å². The average Bonchev–Trinajstić information content (AvgIpc) is 2.78. The Kier molecular flexibility index (Phi) is 5.22. The molecule has 17 heavy (non-hydrogen) atoms. The molecular weight excluding hydrogens is 296 g/mol. The second kappa shape index (κ2) is 6.69. The van der Waals surface area contributed by atoms with E-state index in [0.29, 0.717) is 6.04 Å². The monoisotopic (exact) mass is 314 g/mol. The van der Waals surface area contributed by atoms with Gasteiger partial charge in [-0.05, 0) is 34.8 Å². The molecule has 94 valence electrons. The van der Waals surface area contributed by atoms with Crippen molar-refractivity contribution in [1.29, 1.82) is 0 Å². The van der Waals surface area contributed by atoms with E-state index in [1.807, 2.05) is 17.4 Å². The standard InChI is InChI=1S/C13H19BrN2S/c1-2-3-4-12(13-9-11(14)10-17-13)16-7-5-15-6-8-16/h2,9-10,12,15H,1,3-8H2/t12-/m0/s1. The van der Waals surface area contributed by atoms with E-state index in [1.165, 1.54) is 15.8 Å².